The molecule has 0 spiro atoms. The number of benzene rings is 5. The molecule has 1 aliphatic heterocycles. The lowest BCUT2D eigenvalue weighted by molar-refractivity contribution is 0.163. The molecular weight excluding hydrogens is 402 g/mol. The number of ether oxygens (including phenoxy) is 1. The van der Waals surface area contributed by atoms with Crippen molar-refractivity contribution in [3.05, 3.63) is 132 Å². The molecule has 0 atom stereocenters. The first kappa shape index (κ1) is 18.3. The van der Waals surface area contributed by atoms with Crippen molar-refractivity contribution in [2.24, 2.45) is 0 Å². The number of aromatic nitrogens is 1. The number of hydrogen-bond acceptors (Lipinski definition) is 1. The van der Waals surface area contributed by atoms with Crippen LogP contribution in [0.25, 0.3) is 38.7 Å². The fourth-order valence-corrected chi connectivity index (χ4v) is 5.21. The first-order chi connectivity index (χ1) is 16.3. The van der Waals surface area contributed by atoms with Gasteiger partial charge in [-0.2, -0.15) is 0 Å². The molecule has 0 bridgehead atoms. The molecule has 156 valence electrons. The van der Waals surface area contributed by atoms with Crippen LogP contribution in [0.3, 0.4) is 0 Å². The SMILES string of the molecule is C1=CC(c2ccccc2)(c2ccccc2)Oc2c1ccc1c2ccc2c3ccccc3[nH]c12. The van der Waals surface area contributed by atoms with Gasteiger partial charge in [-0.25, -0.2) is 0 Å². The van der Waals surface area contributed by atoms with E-state index in [0.29, 0.717) is 0 Å². The molecule has 0 amide bonds. The molecule has 0 saturated heterocycles. The summed E-state index contributed by atoms with van der Waals surface area (Å²) in [6.45, 7) is 0. The summed E-state index contributed by atoms with van der Waals surface area (Å²) in [7, 11) is 0. The minimum absolute atomic E-state index is 0.681. The van der Waals surface area contributed by atoms with Gasteiger partial charge in [0.2, 0.25) is 0 Å². The van der Waals surface area contributed by atoms with Crippen LogP contribution < -0.4 is 4.74 Å². The van der Waals surface area contributed by atoms with Gasteiger partial charge in [-0.05, 0) is 18.2 Å². The third-order valence-corrected chi connectivity index (χ3v) is 6.82. The number of fused-ring (bicyclic) bond motifs is 7. The lowest BCUT2D eigenvalue weighted by Crippen LogP contribution is -2.34. The normalized spacial score (nSPS) is 14.4. The van der Waals surface area contributed by atoms with Gasteiger partial charge in [0.25, 0.3) is 0 Å². The lowest BCUT2D eigenvalue weighted by atomic mass is 9.83. The summed E-state index contributed by atoms with van der Waals surface area (Å²) in [4.78, 5) is 3.64. The standard InChI is InChI=1S/C31H21NO/c1-3-9-22(10-4-1)31(23-11-5-2-6-12-23)20-19-21-15-16-26-27(30(21)33-31)18-17-25-24-13-7-8-14-28(24)32-29(25)26/h1-20,32H. The van der Waals surface area contributed by atoms with E-state index in [1.54, 1.807) is 0 Å². The zero-order chi connectivity index (χ0) is 21.8. The molecule has 0 fully saturated rings. The van der Waals surface area contributed by atoms with Crippen LogP contribution in [0.4, 0.5) is 0 Å². The number of hydrogen-bond donors (Lipinski definition) is 1. The van der Waals surface area contributed by atoms with Gasteiger partial charge in [0.15, 0.2) is 5.60 Å². The smallest absolute Gasteiger partial charge is 0.178 e. The molecule has 7 rings (SSSR count). The van der Waals surface area contributed by atoms with Gasteiger partial charge in [0, 0.05) is 43.8 Å². The molecule has 0 unspecified atom stereocenters. The molecule has 33 heavy (non-hydrogen) atoms. The highest BCUT2D eigenvalue weighted by atomic mass is 16.5. The predicted octanol–water partition coefficient (Wildman–Crippen LogP) is 7.82. The number of para-hydroxylation sites is 1. The fourth-order valence-electron chi connectivity index (χ4n) is 5.21. The van der Waals surface area contributed by atoms with Crippen LogP contribution >= 0.6 is 0 Å². The largest absolute Gasteiger partial charge is 0.472 e. The number of rotatable bonds is 2. The molecule has 2 heterocycles. The van der Waals surface area contributed by atoms with Crippen LogP contribution in [0.5, 0.6) is 5.75 Å². The van der Waals surface area contributed by atoms with Gasteiger partial charge in [-0.3, -0.25) is 0 Å². The van der Waals surface area contributed by atoms with Crippen molar-refractivity contribution in [2.45, 2.75) is 5.60 Å². The van der Waals surface area contributed by atoms with E-state index in [2.05, 4.69) is 114 Å². The van der Waals surface area contributed by atoms with Crippen molar-refractivity contribution >= 4 is 38.7 Å². The Labute approximate surface area is 191 Å². The van der Waals surface area contributed by atoms with Crippen LogP contribution in [0.15, 0.2) is 115 Å². The molecule has 1 aliphatic rings. The summed E-state index contributed by atoms with van der Waals surface area (Å²) in [5.41, 5.74) is 4.95. The lowest BCUT2D eigenvalue weighted by Gasteiger charge is -2.36. The van der Waals surface area contributed by atoms with E-state index in [1.165, 1.54) is 16.2 Å². The van der Waals surface area contributed by atoms with Crippen LogP contribution in [0, 0.1) is 0 Å². The second-order valence-electron chi connectivity index (χ2n) is 8.64. The maximum atomic E-state index is 7.03. The number of aromatic amines is 1. The summed E-state index contributed by atoms with van der Waals surface area (Å²) in [6, 6.07) is 38.2. The molecule has 2 heteroatoms. The molecule has 2 nitrogen and oxygen atoms in total. The first-order valence-corrected chi connectivity index (χ1v) is 11.3. The maximum absolute atomic E-state index is 7.03. The van der Waals surface area contributed by atoms with Gasteiger partial charge < -0.3 is 9.72 Å². The third kappa shape index (κ3) is 2.61. The Morgan fingerprint density at radius 1 is 0.545 bits per heavy atom. The summed E-state index contributed by atoms with van der Waals surface area (Å²) < 4.78 is 7.03. The quantitative estimate of drug-likeness (QED) is 0.302. The highest BCUT2D eigenvalue weighted by molar-refractivity contribution is 6.18. The van der Waals surface area contributed by atoms with Crippen molar-refractivity contribution < 1.29 is 4.74 Å². The minimum atomic E-state index is -0.681. The molecule has 0 aliphatic carbocycles. The van der Waals surface area contributed by atoms with Gasteiger partial charge in [0.1, 0.15) is 5.75 Å². The third-order valence-electron chi connectivity index (χ3n) is 6.82. The molecule has 1 N–H and O–H groups in total. The number of nitrogens with one attached hydrogen (secondary N) is 1. The van der Waals surface area contributed by atoms with Crippen molar-refractivity contribution in [2.75, 3.05) is 0 Å². The van der Waals surface area contributed by atoms with Crippen molar-refractivity contribution in [1.82, 2.24) is 4.98 Å². The molecule has 0 saturated carbocycles. The predicted molar refractivity (Wildman–Crippen MR) is 137 cm³/mol. The van der Waals surface area contributed by atoms with Crippen molar-refractivity contribution in [3.63, 3.8) is 0 Å². The average Bonchev–Trinajstić information content (AvgIpc) is 3.28. The van der Waals surface area contributed by atoms with Crippen LogP contribution in [-0.4, -0.2) is 4.98 Å². The van der Waals surface area contributed by atoms with Gasteiger partial charge >= 0.3 is 0 Å². The van der Waals surface area contributed by atoms with Gasteiger partial charge in [-0.15, -0.1) is 0 Å². The summed E-state index contributed by atoms with van der Waals surface area (Å²) in [5.74, 6) is 0.920. The van der Waals surface area contributed by atoms with E-state index >= 15 is 0 Å². The Bertz CT molecular complexity index is 1640. The van der Waals surface area contributed by atoms with Gasteiger partial charge in [-0.1, -0.05) is 103 Å². The Morgan fingerprint density at radius 2 is 1.15 bits per heavy atom. The summed E-state index contributed by atoms with van der Waals surface area (Å²) in [5, 5.41) is 4.78. The van der Waals surface area contributed by atoms with Crippen molar-refractivity contribution in [1.29, 1.82) is 0 Å². The zero-order valence-corrected chi connectivity index (χ0v) is 18.0. The molecule has 0 radical (unpaired) electrons. The minimum Gasteiger partial charge on any atom is -0.472 e. The van der Waals surface area contributed by atoms with E-state index in [4.69, 9.17) is 4.74 Å². The van der Waals surface area contributed by atoms with Crippen LogP contribution in [-0.2, 0) is 5.60 Å². The first-order valence-electron chi connectivity index (χ1n) is 11.3. The Balaban J connectivity index is 1.51. The molecule has 1 aromatic heterocycles. The second-order valence-corrected chi connectivity index (χ2v) is 8.64. The van der Waals surface area contributed by atoms with E-state index in [1.807, 2.05) is 12.1 Å². The molecular formula is C31H21NO. The van der Waals surface area contributed by atoms with Gasteiger partial charge in [0.05, 0.1) is 5.52 Å². The zero-order valence-electron chi connectivity index (χ0n) is 18.0. The van der Waals surface area contributed by atoms with Crippen LogP contribution in [0.1, 0.15) is 16.7 Å². The summed E-state index contributed by atoms with van der Waals surface area (Å²) >= 11 is 0. The van der Waals surface area contributed by atoms with E-state index in [0.717, 1.165) is 38.9 Å². The average molecular weight is 424 g/mol. The molecule has 6 aromatic rings. The van der Waals surface area contributed by atoms with Crippen LogP contribution in [0.2, 0.25) is 0 Å². The van der Waals surface area contributed by atoms with Crippen molar-refractivity contribution in [3.8, 4) is 5.75 Å². The maximum Gasteiger partial charge on any atom is 0.178 e. The summed E-state index contributed by atoms with van der Waals surface area (Å²) in [6.07, 6.45) is 4.39. The van der Waals surface area contributed by atoms with E-state index < -0.39 is 5.60 Å². The fraction of sp³-hybridized carbons (Fsp3) is 0.0323. The second kappa shape index (κ2) is 6.85. The molecule has 5 aromatic carbocycles. The Hall–Kier alpha value is -4.30. The monoisotopic (exact) mass is 423 g/mol. The Morgan fingerprint density at radius 3 is 1.91 bits per heavy atom. The Kier molecular flexibility index (Phi) is 3.80. The highest BCUT2D eigenvalue weighted by Crippen LogP contribution is 2.46. The van der Waals surface area contributed by atoms with E-state index in [-0.39, 0.29) is 0 Å². The topological polar surface area (TPSA) is 25.0 Å². The van der Waals surface area contributed by atoms with E-state index in [9.17, 15) is 0 Å². The number of H-pyrrole nitrogens is 1. The highest BCUT2D eigenvalue weighted by Gasteiger charge is 2.37.